The summed E-state index contributed by atoms with van der Waals surface area (Å²) in [5, 5.41) is 10.2. The fraction of sp³-hybridized carbons (Fsp3) is 0.238. The third kappa shape index (κ3) is 6.08. The molecular weight excluding hydrogens is 412 g/mol. The van der Waals surface area contributed by atoms with E-state index in [-0.39, 0.29) is 23.1 Å². The molecule has 0 aliphatic rings. The van der Waals surface area contributed by atoms with Crippen LogP contribution in [-0.4, -0.2) is 35.2 Å². The van der Waals surface area contributed by atoms with Crippen molar-refractivity contribution in [1.82, 2.24) is 15.5 Å². The lowest BCUT2D eigenvalue weighted by Crippen LogP contribution is -2.31. The zero-order valence-corrected chi connectivity index (χ0v) is 16.7. The lowest BCUT2D eigenvalue weighted by molar-refractivity contribution is -0.148. The van der Waals surface area contributed by atoms with Crippen LogP contribution in [-0.2, 0) is 9.53 Å². The number of ether oxygens (including phenoxy) is 2. The maximum Gasteiger partial charge on any atom is 0.387 e. The summed E-state index contributed by atoms with van der Waals surface area (Å²) < 4.78 is 39.5. The number of benzene rings is 2. The summed E-state index contributed by atoms with van der Waals surface area (Å²) in [7, 11) is 0. The third-order valence-electron chi connectivity index (χ3n) is 4.11. The molecule has 3 aromatic rings. The van der Waals surface area contributed by atoms with E-state index in [1.54, 1.807) is 6.92 Å². The van der Waals surface area contributed by atoms with E-state index in [2.05, 4.69) is 20.3 Å². The van der Waals surface area contributed by atoms with Crippen molar-refractivity contribution in [2.24, 2.45) is 0 Å². The summed E-state index contributed by atoms with van der Waals surface area (Å²) in [6.07, 6.45) is -0.834. The molecule has 10 heteroatoms. The standard InChI is InChI=1S/C21H19F2N3O5/c1-12-6-8-14(9-7-12)20-26-25-19(31-20)13(2)29-17(27)11-24-18(28)15-4-3-5-16(10-15)30-21(22)23/h3-10,13,21H,11H2,1-2H3,(H,24,28). The van der Waals surface area contributed by atoms with E-state index in [9.17, 15) is 18.4 Å². The molecule has 1 amide bonds. The van der Waals surface area contributed by atoms with Gasteiger partial charge in [0.05, 0.1) is 0 Å². The van der Waals surface area contributed by atoms with Gasteiger partial charge in [0.2, 0.25) is 5.89 Å². The highest BCUT2D eigenvalue weighted by Gasteiger charge is 2.20. The molecule has 0 radical (unpaired) electrons. The molecule has 1 N–H and O–H groups in total. The number of alkyl halides is 2. The molecular formula is C21H19F2N3O5. The van der Waals surface area contributed by atoms with Gasteiger partial charge in [-0.3, -0.25) is 9.59 Å². The largest absolute Gasteiger partial charge is 0.451 e. The van der Waals surface area contributed by atoms with Crippen LogP contribution in [0.2, 0.25) is 0 Å². The van der Waals surface area contributed by atoms with E-state index in [0.29, 0.717) is 0 Å². The molecule has 0 spiro atoms. The van der Waals surface area contributed by atoms with Crippen LogP contribution in [0.3, 0.4) is 0 Å². The van der Waals surface area contributed by atoms with Crippen LogP contribution >= 0.6 is 0 Å². The summed E-state index contributed by atoms with van der Waals surface area (Å²) in [5.41, 5.74) is 1.87. The number of halogens is 2. The third-order valence-corrected chi connectivity index (χ3v) is 4.11. The number of carbonyl (C=O) groups is 2. The second-order valence-corrected chi connectivity index (χ2v) is 6.53. The van der Waals surface area contributed by atoms with Gasteiger partial charge in [-0.2, -0.15) is 8.78 Å². The van der Waals surface area contributed by atoms with Gasteiger partial charge in [0.25, 0.3) is 11.8 Å². The Kier molecular flexibility index (Phi) is 6.91. The normalized spacial score (nSPS) is 11.8. The minimum atomic E-state index is -3.01. The molecule has 1 aromatic heterocycles. The number of aryl methyl sites for hydroxylation is 1. The Labute approximate surface area is 176 Å². The van der Waals surface area contributed by atoms with E-state index in [1.165, 1.54) is 18.2 Å². The lowest BCUT2D eigenvalue weighted by atomic mass is 10.1. The molecule has 31 heavy (non-hydrogen) atoms. The van der Waals surface area contributed by atoms with Crippen molar-refractivity contribution in [3.05, 3.63) is 65.5 Å². The van der Waals surface area contributed by atoms with Crippen LogP contribution in [0.25, 0.3) is 11.5 Å². The van der Waals surface area contributed by atoms with Gasteiger partial charge < -0.3 is 19.2 Å². The van der Waals surface area contributed by atoms with Crippen molar-refractivity contribution in [3.63, 3.8) is 0 Å². The summed E-state index contributed by atoms with van der Waals surface area (Å²) in [4.78, 5) is 24.2. The summed E-state index contributed by atoms with van der Waals surface area (Å²) in [5.74, 6) is -1.16. The smallest absolute Gasteiger partial charge is 0.387 e. The van der Waals surface area contributed by atoms with Crippen molar-refractivity contribution >= 4 is 11.9 Å². The van der Waals surface area contributed by atoms with Crippen LogP contribution in [0.5, 0.6) is 5.75 Å². The number of carbonyl (C=O) groups excluding carboxylic acids is 2. The average molecular weight is 431 g/mol. The van der Waals surface area contributed by atoms with Crippen molar-refractivity contribution < 1.29 is 32.3 Å². The summed E-state index contributed by atoms with van der Waals surface area (Å²) in [6, 6.07) is 12.7. The molecule has 1 unspecified atom stereocenters. The van der Waals surface area contributed by atoms with Gasteiger partial charge in [0.1, 0.15) is 12.3 Å². The molecule has 1 heterocycles. The Bertz CT molecular complexity index is 1050. The lowest BCUT2D eigenvalue weighted by Gasteiger charge is -2.10. The van der Waals surface area contributed by atoms with E-state index < -0.39 is 31.1 Å². The van der Waals surface area contributed by atoms with E-state index in [4.69, 9.17) is 9.15 Å². The first-order chi connectivity index (χ1) is 14.8. The first kappa shape index (κ1) is 21.9. The highest BCUT2D eigenvalue weighted by atomic mass is 19.3. The Morgan fingerprint density at radius 2 is 1.87 bits per heavy atom. The SMILES string of the molecule is Cc1ccc(-c2nnc(C(C)OC(=O)CNC(=O)c3cccc(OC(F)F)c3)o2)cc1. The number of hydrogen-bond donors (Lipinski definition) is 1. The van der Waals surface area contributed by atoms with Gasteiger partial charge in [0, 0.05) is 11.1 Å². The second-order valence-electron chi connectivity index (χ2n) is 6.53. The fourth-order valence-corrected chi connectivity index (χ4v) is 2.57. The average Bonchev–Trinajstić information content (AvgIpc) is 3.22. The van der Waals surface area contributed by atoms with Crippen LogP contribution in [0.15, 0.2) is 52.9 Å². The van der Waals surface area contributed by atoms with Gasteiger partial charge >= 0.3 is 12.6 Å². The number of hydrogen-bond acceptors (Lipinski definition) is 7. The van der Waals surface area contributed by atoms with Crippen molar-refractivity contribution in [1.29, 1.82) is 0 Å². The van der Waals surface area contributed by atoms with Crippen LogP contribution < -0.4 is 10.1 Å². The van der Waals surface area contributed by atoms with Crippen LogP contribution in [0.1, 0.15) is 34.8 Å². The molecule has 0 aliphatic heterocycles. The second kappa shape index (κ2) is 9.79. The quantitative estimate of drug-likeness (QED) is 0.543. The van der Waals surface area contributed by atoms with Crippen molar-refractivity contribution in [3.8, 4) is 17.2 Å². The summed E-state index contributed by atoms with van der Waals surface area (Å²) in [6.45, 7) is 0.0577. The van der Waals surface area contributed by atoms with Crippen LogP contribution in [0.4, 0.5) is 8.78 Å². The molecule has 0 fully saturated rings. The number of nitrogens with one attached hydrogen (secondary N) is 1. The Morgan fingerprint density at radius 3 is 2.58 bits per heavy atom. The first-order valence-electron chi connectivity index (χ1n) is 9.25. The number of amides is 1. The number of nitrogens with zero attached hydrogens (tertiary/aromatic N) is 2. The van der Waals surface area contributed by atoms with Gasteiger partial charge in [-0.1, -0.05) is 23.8 Å². The Morgan fingerprint density at radius 1 is 1.13 bits per heavy atom. The van der Waals surface area contributed by atoms with Gasteiger partial charge in [-0.15, -0.1) is 10.2 Å². The highest BCUT2D eigenvalue weighted by molar-refractivity contribution is 5.96. The van der Waals surface area contributed by atoms with Crippen LogP contribution in [0, 0.1) is 6.92 Å². The summed E-state index contributed by atoms with van der Waals surface area (Å²) >= 11 is 0. The van der Waals surface area contributed by atoms with Crippen molar-refractivity contribution in [2.75, 3.05) is 6.54 Å². The van der Waals surface area contributed by atoms with Crippen molar-refractivity contribution in [2.45, 2.75) is 26.6 Å². The first-order valence-corrected chi connectivity index (χ1v) is 9.25. The molecule has 2 aromatic carbocycles. The maximum atomic E-state index is 12.3. The van der Waals surface area contributed by atoms with E-state index >= 15 is 0 Å². The Hall–Kier alpha value is -3.82. The van der Waals surface area contributed by atoms with E-state index in [0.717, 1.165) is 17.2 Å². The maximum absolute atomic E-state index is 12.3. The number of rotatable bonds is 8. The molecule has 8 nitrogen and oxygen atoms in total. The van der Waals surface area contributed by atoms with E-state index in [1.807, 2.05) is 31.2 Å². The topological polar surface area (TPSA) is 104 Å². The zero-order chi connectivity index (χ0) is 22.4. The molecule has 0 saturated heterocycles. The minimum absolute atomic E-state index is 0.0543. The molecule has 0 bridgehead atoms. The Balaban J connectivity index is 1.52. The monoisotopic (exact) mass is 431 g/mol. The predicted octanol–water partition coefficient (Wildman–Crippen LogP) is 3.68. The minimum Gasteiger partial charge on any atom is -0.451 e. The molecule has 3 rings (SSSR count). The zero-order valence-electron chi connectivity index (χ0n) is 16.7. The predicted molar refractivity (Wildman–Crippen MR) is 104 cm³/mol. The molecule has 1 atom stereocenters. The molecule has 162 valence electrons. The van der Waals surface area contributed by atoms with Gasteiger partial charge in [-0.05, 0) is 44.2 Å². The van der Waals surface area contributed by atoms with Gasteiger partial charge in [0.15, 0.2) is 6.10 Å². The highest BCUT2D eigenvalue weighted by Crippen LogP contribution is 2.22. The molecule has 0 saturated carbocycles. The number of esters is 1. The molecule has 0 aliphatic carbocycles. The number of aromatic nitrogens is 2. The van der Waals surface area contributed by atoms with Gasteiger partial charge in [-0.25, -0.2) is 0 Å². The fourth-order valence-electron chi connectivity index (χ4n) is 2.57.